The van der Waals surface area contributed by atoms with Crippen molar-refractivity contribution in [2.45, 2.75) is 213 Å². The summed E-state index contributed by atoms with van der Waals surface area (Å²) >= 11 is 0. The number of hydrogen-bond acceptors (Lipinski definition) is 0. The first kappa shape index (κ1) is 35.2. The van der Waals surface area contributed by atoms with Crippen LogP contribution in [-0.4, -0.2) is 4.98 Å². The van der Waals surface area contributed by atoms with Gasteiger partial charge in [-0.2, -0.15) is 0 Å². The second-order valence-corrected chi connectivity index (χ2v) is 12.7. The Morgan fingerprint density at radius 2 is 0.842 bits per heavy atom. The summed E-state index contributed by atoms with van der Waals surface area (Å²) in [6.45, 7) is 9.46. The quantitative estimate of drug-likeness (QED) is 0.0783. The first-order valence-electron chi connectivity index (χ1n) is 17.8. The number of imidazole rings is 1. The summed E-state index contributed by atoms with van der Waals surface area (Å²) in [7, 11) is 0. The van der Waals surface area contributed by atoms with Crippen LogP contribution in [0.15, 0.2) is 12.4 Å². The summed E-state index contributed by atoms with van der Waals surface area (Å²) in [5.74, 6) is 2.09. The smallest absolute Gasteiger partial charge is 0.247 e. The lowest BCUT2D eigenvalue weighted by Gasteiger charge is -2.14. The molecular formula is C36H71N2+. The lowest BCUT2D eigenvalue weighted by atomic mass is 9.99. The van der Waals surface area contributed by atoms with Crippen molar-refractivity contribution < 1.29 is 4.57 Å². The average molecular weight is 532 g/mol. The SMILES string of the molecule is CCCCCCCCCCCCCCCC(C)[n+]1cc[nH]c1C(C)CCCCCCCCCCCCCC. The van der Waals surface area contributed by atoms with Crippen LogP contribution in [0.4, 0.5) is 0 Å². The minimum atomic E-state index is 0.619. The average Bonchev–Trinajstić information content (AvgIpc) is 3.42. The number of H-pyrrole nitrogens is 1. The van der Waals surface area contributed by atoms with Crippen molar-refractivity contribution in [1.29, 1.82) is 0 Å². The Morgan fingerprint density at radius 1 is 0.500 bits per heavy atom. The zero-order valence-corrected chi connectivity index (χ0v) is 26.8. The molecule has 0 saturated carbocycles. The van der Waals surface area contributed by atoms with Crippen molar-refractivity contribution in [1.82, 2.24) is 4.98 Å². The van der Waals surface area contributed by atoms with E-state index in [1.54, 1.807) is 0 Å². The molecule has 1 aromatic rings. The molecule has 224 valence electrons. The molecule has 2 heteroatoms. The van der Waals surface area contributed by atoms with Crippen LogP contribution in [0.1, 0.15) is 219 Å². The molecule has 2 nitrogen and oxygen atoms in total. The van der Waals surface area contributed by atoms with E-state index >= 15 is 0 Å². The van der Waals surface area contributed by atoms with Gasteiger partial charge >= 0.3 is 0 Å². The van der Waals surface area contributed by atoms with Crippen LogP contribution in [0, 0.1) is 0 Å². The third-order valence-electron chi connectivity index (χ3n) is 8.90. The van der Waals surface area contributed by atoms with Crippen LogP contribution < -0.4 is 4.57 Å². The van der Waals surface area contributed by atoms with Crippen LogP contribution in [-0.2, 0) is 0 Å². The van der Waals surface area contributed by atoms with E-state index in [1.807, 2.05) is 0 Å². The van der Waals surface area contributed by atoms with Gasteiger partial charge in [0.15, 0.2) is 0 Å². The van der Waals surface area contributed by atoms with Gasteiger partial charge in [0.25, 0.3) is 5.82 Å². The van der Waals surface area contributed by atoms with Crippen molar-refractivity contribution >= 4 is 0 Å². The maximum atomic E-state index is 3.59. The van der Waals surface area contributed by atoms with E-state index in [0.29, 0.717) is 12.0 Å². The molecule has 0 saturated heterocycles. The number of hydrogen-bond donors (Lipinski definition) is 1. The van der Waals surface area contributed by atoms with E-state index in [9.17, 15) is 0 Å². The standard InChI is InChI=1S/C36H70N2/c1-5-7-9-11-13-15-17-19-21-23-25-27-29-31-35(4)38-33-32-37-36(38)34(3)30-28-26-24-22-20-18-16-14-12-10-8-6-2/h32-35H,5-31H2,1-4H3/p+1. The molecule has 1 heterocycles. The second kappa shape index (κ2) is 26.4. The number of nitrogens with zero attached hydrogens (tertiary/aromatic N) is 1. The molecule has 0 bridgehead atoms. The number of nitrogens with one attached hydrogen (secondary N) is 1. The fraction of sp³-hybridized carbons (Fsp3) is 0.917. The third-order valence-corrected chi connectivity index (χ3v) is 8.90. The topological polar surface area (TPSA) is 19.7 Å². The van der Waals surface area contributed by atoms with Crippen molar-refractivity contribution in [3.8, 4) is 0 Å². The maximum absolute atomic E-state index is 3.59. The Morgan fingerprint density at radius 3 is 1.24 bits per heavy atom. The number of aromatic amines is 1. The van der Waals surface area contributed by atoms with Crippen molar-refractivity contribution in [3.63, 3.8) is 0 Å². The maximum Gasteiger partial charge on any atom is 0.257 e. The summed E-state index contributed by atoms with van der Waals surface area (Å²) in [5, 5.41) is 0. The van der Waals surface area contributed by atoms with Crippen LogP contribution in [0.3, 0.4) is 0 Å². The Kier molecular flexibility index (Phi) is 24.5. The molecule has 0 spiro atoms. The Hall–Kier alpha value is -0.790. The molecule has 0 aliphatic heterocycles. The predicted octanol–water partition coefficient (Wildman–Crippen LogP) is 12.5. The molecule has 0 aliphatic carbocycles. The second-order valence-electron chi connectivity index (χ2n) is 12.7. The van der Waals surface area contributed by atoms with Crippen LogP contribution in [0.2, 0.25) is 0 Å². The van der Waals surface area contributed by atoms with Gasteiger partial charge in [-0.1, -0.05) is 175 Å². The molecule has 2 atom stereocenters. The molecule has 0 aromatic carbocycles. The molecule has 0 amide bonds. The summed E-state index contributed by atoms with van der Waals surface area (Å²) in [6.07, 6.45) is 43.0. The minimum absolute atomic E-state index is 0.619. The van der Waals surface area contributed by atoms with Crippen molar-refractivity contribution in [3.05, 3.63) is 18.2 Å². The van der Waals surface area contributed by atoms with Gasteiger partial charge in [0.2, 0.25) is 0 Å². The highest BCUT2D eigenvalue weighted by Crippen LogP contribution is 2.21. The van der Waals surface area contributed by atoms with Gasteiger partial charge in [0, 0.05) is 0 Å². The zero-order valence-electron chi connectivity index (χ0n) is 26.8. The van der Waals surface area contributed by atoms with Gasteiger partial charge in [-0.3, -0.25) is 0 Å². The first-order chi connectivity index (χ1) is 18.7. The summed E-state index contributed by atoms with van der Waals surface area (Å²) < 4.78 is 2.55. The fourth-order valence-corrected chi connectivity index (χ4v) is 6.16. The van der Waals surface area contributed by atoms with Gasteiger partial charge in [-0.05, 0) is 26.2 Å². The van der Waals surface area contributed by atoms with Crippen molar-refractivity contribution in [2.75, 3.05) is 0 Å². The van der Waals surface area contributed by atoms with Crippen LogP contribution in [0.5, 0.6) is 0 Å². The van der Waals surface area contributed by atoms with Crippen LogP contribution >= 0.6 is 0 Å². The summed E-state index contributed by atoms with van der Waals surface area (Å²) in [5.41, 5.74) is 0. The highest BCUT2D eigenvalue weighted by molar-refractivity contribution is 4.87. The normalized spacial score (nSPS) is 13.3. The highest BCUT2D eigenvalue weighted by Gasteiger charge is 2.22. The largest absolute Gasteiger partial charge is 0.257 e. The first-order valence-corrected chi connectivity index (χ1v) is 17.8. The molecule has 38 heavy (non-hydrogen) atoms. The minimum Gasteiger partial charge on any atom is -0.247 e. The van der Waals surface area contributed by atoms with Crippen molar-refractivity contribution in [2.24, 2.45) is 0 Å². The van der Waals surface area contributed by atoms with Gasteiger partial charge in [-0.25, -0.2) is 9.55 Å². The summed E-state index contributed by atoms with van der Waals surface area (Å²) in [6, 6.07) is 0.619. The van der Waals surface area contributed by atoms with E-state index in [1.165, 1.54) is 179 Å². The van der Waals surface area contributed by atoms with E-state index < -0.39 is 0 Å². The monoisotopic (exact) mass is 532 g/mol. The molecule has 0 radical (unpaired) electrons. The molecule has 0 fully saturated rings. The van der Waals surface area contributed by atoms with Gasteiger partial charge in [-0.15, -0.1) is 0 Å². The highest BCUT2D eigenvalue weighted by atomic mass is 15.1. The molecule has 1 rings (SSSR count). The van der Waals surface area contributed by atoms with E-state index in [0.717, 1.165) is 0 Å². The van der Waals surface area contributed by atoms with Gasteiger partial charge in [0.05, 0.1) is 12.0 Å². The zero-order chi connectivity index (χ0) is 27.5. The Labute approximate surface area is 240 Å². The van der Waals surface area contributed by atoms with Gasteiger partial charge in [0.1, 0.15) is 12.4 Å². The third kappa shape index (κ3) is 19.3. The fourth-order valence-electron chi connectivity index (χ4n) is 6.16. The van der Waals surface area contributed by atoms with E-state index in [2.05, 4.69) is 49.6 Å². The lowest BCUT2D eigenvalue weighted by Crippen LogP contribution is -2.40. The van der Waals surface area contributed by atoms with E-state index in [-0.39, 0.29) is 0 Å². The number of aromatic nitrogens is 2. The molecule has 1 aromatic heterocycles. The molecule has 1 N–H and O–H groups in total. The molecule has 2 unspecified atom stereocenters. The van der Waals surface area contributed by atoms with E-state index in [4.69, 9.17) is 0 Å². The Balaban J connectivity index is 2.02. The molecule has 0 aliphatic rings. The van der Waals surface area contributed by atoms with Gasteiger partial charge < -0.3 is 0 Å². The summed E-state index contributed by atoms with van der Waals surface area (Å²) in [4.78, 5) is 3.59. The number of rotatable bonds is 29. The predicted molar refractivity (Wildman–Crippen MR) is 170 cm³/mol. The Bertz CT molecular complexity index is 592. The molecular weight excluding hydrogens is 460 g/mol. The lowest BCUT2D eigenvalue weighted by molar-refractivity contribution is -0.727. The van der Waals surface area contributed by atoms with Crippen LogP contribution in [0.25, 0.3) is 0 Å². The number of unbranched alkanes of at least 4 members (excludes halogenated alkanes) is 23.